The van der Waals surface area contributed by atoms with Crippen LogP contribution in [0.4, 0.5) is 0 Å². The molecule has 0 aliphatic carbocycles. The van der Waals surface area contributed by atoms with Gasteiger partial charge in [-0.25, -0.2) is 0 Å². The van der Waals surface area contributed by atoms with Crippen LogP contribution in [0.3, 0.4) is 0 Å². The van der Waals surface area contributed by atoms with Gasteiger partial charge in [-0.15, -0.1) is 0 Å². The van der Waals surface area contributed by atoms with E-state index in [0.29, 0.717) is 6.42 Å². The molecule has 1 saturated heterocycles. The van der Waals surface area contributed by atoms with Gasteiger partial charge in [0, 0.05) is 18.5 Å². The number of hydrogen-bond donors (Lipinski definition) is 1. The first-order valence-corrected chi connectivity index (χ1v) is 4.89. The summed E-state index contributed by atoms with van der Waals surface area (Å²) in [7, 11) is 3.43. The van der Waals surface area contributed by atoms with Crippen molar-refractivity contribution in [3.63, 3.8) is 0 Å². The van der Waals surface area contributed by atoms with Crippen LogP contribution in [0.5, 0.6) is 0 Å². The van der Waals surface area contributed by atoms with Crippen LogP contribution in [0.25, 0.3) is 0 Å². The number of rotatable bonds is 1. The van der Waals surface area contributed by atoms with Crippen LogP contribution < -0.4 is 5.73 Å². The molecule has 0 aromatic rings. The Morgan fingerprint density at radius 3 is 2.50 bits per heavy atom. The molecule has 1 aliphatic heterocycles. The first-order valence-electron chi connectivity index (χ1n) is 4.89. The van der Waals surface area contributed by atoms with Crippen molar-refractivity contribution in [3.8, 4) is 0 Å². The number of esters is 1. The van der Waals surface area contributed by atoms with E-state index in [9.17, 15) is 4.79 Å². The molecular formula is C10H20N2O2. The second-order valence-corrected chi connectivity index (χ2v) is 4.83. The quantitative estimate of drug-likeness (QED) is 0.615. The number of piperidine rings is 1. The molecule has 82 valence electrons. The van der Waals surface area contributed by atoms with Crippen molar-refractivity contribution in [2.24, 2.45) is 11.1 Å². The highest BCUT2D eigenvalue weighted by Gasteiger charge is 2.51. The number of carbonyl (C=O) groups is 1. The summed E-state index contributed by atoms with van der Waals surface area (Å²) in [6.07, 6.45) is 0.656. The highest BCUT2D eigenvalue weighted by Crippen LogP contribution is 2.36. The van der Waals surface area contributed by atoms with E-state index in [1.165, 1.54) is 7.11 Å². The highest BCUT2D eigenvalue weighted by molar-refractivity contribution is 5.81. The molecule has 1 atom stereocenters. The fourth-order valence-electron chi connectivity index (χ4n) is 2.16. The SMILES string of the molecule is COC(=O)C1(N)CCN(C)CC1(C)C. The van der Waals surface area contributed by atoms with E-state index in [0.717, 1.165) is 13.1 Å². The summed E-state index contributed by atoms with van der Waals surface area (Å²) in [5.41, 5.74) is 5.07. The highest BCUT2D eigenvalue weighted by atomic mass is 16.5. The first-order chi connectivity index (χ1) is 6.33. The molecule has 0 aromatic carbocycles. The summed E-state index contributed by atoms with van der Waals surface area (Å²) in [6, 6.07) is 0. The number of carbonyl (C=O) groups excluding carboxylic acids is 1. The van der Waals surface area contributed by atoms with Gasteiger partial charge in [-0.2, -0.15) is 0 Å². The van der Waals surface area contributed by atoms with Crippen LogP contribution in [0.1, 0.15) is 20.3 Å². The van der Waals surface area contributed by atoms with Crippen molar-refractivity contribution in [3.05, 3.63) is 0 Å². The third-order valence-corrected chi connectivity index (χ3v) is 3.31. The minimum Gasteiger partial charge on any atom is -0.468 e. The topological polar surface area (TPSA) is 55.6 Å². The third kappa shape index (κ3) is 1.64. The zero-order valence-corrected chi connectivity index (χ0v) is 9.46. The Morgan fingerprint density at radius 1 is 1.50 bits per heavy atom. The molecular weight excluding hydrogens is 180 g/mol. The van der Waals surface area contributed by atoms with E-state index in [1.54, 1.807) is 0 Å². The predicted molar refractivity (Wildman–Crippen MR) is 54.8 cm³/mol. The average molecular weight is 200 g/mol. The monoisotopic (exact) mass is 200 g/mol. The third-order valence-electron chi connectivity index (χ3n) is 3.31. The largest absolute Gasteiger partial charge is 0.468 e. The molecule has 0 spiro atoms. The summed E-state index contributed by atoms with van der Waals surface area (Å²) in [5, 5.41) is 0. The smallest absolute Gasteiger partial charge is 0.326 e. The lowest BCUT2D eigenvalue weighted by Crippen LogP contribution is -2.66. The summed E-state index contributed by atoms with van der Waals surface area (Å²) in [4.78, 5) is 13.8. The maximum atomic E-state index is 11.6. The molecule has 0 bridgehead atoms. The number of hydrogen-bond acceptors (Lipinski definition) is 4. The summed E-state index contributed by atoms with van der Waals surface area (Å²) in [5.74, 6) is -0.296. The van der Waals surface area contributed by atoms with Crippen LogP contribution in [-0.4, -0.2) is 43.7 Å². The Balaban J connectivity index is 2.92. The van der Waals surface area contributed by atoms with Crippen molar-refractivity contribution < 1.29 is 9.53 Å². The predicted octanol–water partition coefficient (Wildman–Crippen LogP) is 0.219. The van der Waals surface area contributed by atoms with Gasteiger partial charge in [-0.1, -0.05) is 13.8 Å². The van der Waals surface area contributed by atoms with E-state index in [4.69, 9.17) is 10.5 Å². The normalized spacial score (nSPS) is 32.6. The van der Waals surface area contributed by atoms with E-state index in [-0.39, 0.29) is 11.4 Å². The molecule has 0 aromatic heterocycles. The molecule has 0 amide bonds. The Morgan fingerprint density at radius 2 is 2.07 bits per heavy atom. The summed E-state index contributed by atoms with van der Waals surface area (Å²) in [6.45, 7) is 5.69. The number of nitrogens with two attached hydrogens (primary N) is 1. The molecule has 1 heterocycles. The second kappa shape index (κ2) is 3.51. The zero-order chi connectivity index (χ0) is 11.0. The van der Waals surface area contributed by atoms with Crippen LogP contribution in [0, 0.1) is 5.41 Å². The van der Waals surface area contributed by atoms with Gasteiger partial charge in [-0.3, -0.25) is 4.79 Å². The fraction of sp³-hybridized carbons (Fsp3) is 0.900. The minimum atomic E-state index is -0.839. The fourth-order valence-corrected chi connectivity index (χ4v) is 2.16. The maximum absolute atomic E-state index is 11.6. The Bertz CT molecular complexity index is 240. The van der Waals surface area contributed by atoms with Gasteiger partial charge in [0.15, 0.2) is 0 Å². The molecule has 0 saturated carbocycles. The lowest BCUT2D eigenvalue weighted by atomic mass is 9.68. The van der Waals surface area contributed by atoms with Gasteiger partial charge in [0.25, 0.3) is 0 Å². The van der Waals surface area contributed by atoms with E-state index in [1.807, 2.05) is 20.9 Å². The average Bonchev–Trinajstić information content (AvgIpc) is 2.10. The van der Waals surface area contributed by atoms with Crippen molar-refractivity contribution in [1.82, 2.24) is 4.90 Å². The molecule has 4 nitrogen and oxygen atoms in total. The minimum absolute atomic E-state index is 0.243. The Labute approximate surface area is 85.4 Å². The maximum Gasteiger partial charge on any atom is 0.326 e. The Kier molecular flexibility index (Phi) is 2.88. The van der Waals surface area contributed by atoms with Crippen LogP contribution in [0.15, 0.2) is 0 Å². The lowest BCUT2D eigenvalue weighted by Gasteiger charge is -2.48. The van der Waals surface area contributed by atoms with Crippen molar-refractivity contribution in [2.45, 2.75) is 25.8 Å². The van der Waals surface area contributed by atoms with Crippen LogP contribution >= 0.6 is 0 Å². The number of nitrogens with zero attached hydrogens (tertiary/aromatic N) is 1. The number of likely N-dealkylation sites (tertiary alicyclic amines) is 1. The number of ether oxygens (including phenoxy) is 1. The zero-order valence-electron chi connectivity index (χ0n) is 9.46. The van der Waals surface area contributed by atoms with Gasteiger partial charge < -0.3 is 15.4 Å². The Hall–Kier alpha value is -0.610. The lowest BCUT2D eigenvalue weighted by molar-refractivity contribution is -0.155. The van der Waals surface area contributed by atoms with Gasteiger partial charge >= 0.3 is 5.97 Å². The molecule has 4 heteroatoms. The molecule has 2 N–H and O–H groups in total. The van der Waals surface area contributed by atoms with Gasteiger partial charge in [0.1, 0.15) is 5.54 Å². The molecule has 14 heavy (non-hydrogen) atoms. The van der Waals surface area contributed by atoms with Gasteiger partial charge in [0.2, 0.25) is 0 Å². The van der Waals surface area contributed by atoms with Crippen molar-refractivity contribution in [2.75, 3.05) is 27.2 Å². The van der Waals surface area contributed by atoms with Crippen molar-refractivity contribution >= 4 is 5.97 Å². The molecule has 0 radical (unpaired) electrons. The second-order valence-electron chi connectivity index (χ2n) is 4.83. The molecule has 1 rings (SSSR count). The van der Waals surface area contributed by atoms with Crippen molar-refractivity contribution in [1.29, 1.82) is 0 Å². The van der Waals surface area contributed by atoms with Gasteiger partial charge in [-0.05, 0) is 13.5 Å². The van der Waals surface area contributed by atoms with E-state index in [2.05, 4.69) is 4.90 Å². The summed E-state index contributed by atoms with van der Waals surface area (Å²) >= 11 is 0. The van der Waals surface area contributed by atoms with Gasteiger partial charge in [0.05, 0.1) is 7.11 Å². The number of methoxy groups -OCH3 is 1. The van der Waals surface area contributed by atoms with Crippen LogP contribution in [-0.2, 0) is 9.53 Å². The molecule has 1 unspecified atom stereocenters. The van der Waals surface area contributed by atoms with E-state index < -0.39 is 5.54 Å². The first kappa shape index (κ1) is 11.5. The molecule has 1 fully saturated rings. The van der Waals surface area contributed by atoms with Crippen LogP contribution in [0.2, 0.25) is 0 Å². The summed E-state index contributed by atoms with van der Waals surface area (Å²) < 4.78 is 4.78. The van der Waals surface area contributed by atoms with E-state index >= 15 is 0 Å². The standard InChI is InChI=1S/C10H20N2O2/c1-9(2)7-12(3)6-5-10(9,11)8(13)14-4/h5-7,11H2,1-4H3. The molecule has 1 aliphatic rings.